The molecule has 0 aliphatic carbocycles. The Labute approximate surface area is 801 Å². The van der Waals surface area contributed by atoms with Crippen molar-refractivity contribution in [3.63, 3.8) is 0 Å². The Balaban J connectivity index is 0.000000139. The minimum atomic E-state index is 0.632. The Morgan fingerprint density at radius 3 is 0.797 bits per heavy atom. The van der Waals surface area contributed by atoms with Gasteiger partial charge in [0.15, 0.2) is 34.9 Å². The van der Waals surface area contributed by atoms with E-state index in [0.29, 0.717) is 34.9 Å². The van der Waals surface area contributed by atoms with Gasteiger partial charge >= 0.3 is 0 Å². The van der Waals surface area contributed by atoms with Crippen LogP contribution in [-0.4, -0.2) is 48.2 Å². The second kappa shape index (κ2) is 33.1. The first-order valence-corrected chi connectivity index (χ1v) is 48.1. The van der Waals surface area contributed by atoms with E-state index in [0.717, 1.165) is 89.4 Å². The predicted octanol–water partition coefficient (Wildman–Crippen LogP) is 33.5. The molecule has 0 atom stereocenters. The molecule has 0 bridgehead atoms. The van der Waals surface area contributed by atoms with Crippen LogP contribution in [0.2, 0.25) is 0 Å². The molecule has 0 saturated heterocycles. The summed E-state index contributed by atoms with van der Waals surface area (Å²) in [6.45, 7) is 0. The zero-order chi connectivity index (χ0) is 90.8. The second-order valence-corrected chi connectivity index (χ2v) is 37.3. The lowest BCUT2D eigenvalue weighted by molar-refractivity contribution is 1.07. The zero-order valence-electron chi connectivity index (χ0n) is 74.3. The van der Waals surface area contributed by atoms with Crippen LogP contribution in [0.1, 0.15) is 0 Å². The van der Waals surface area contributed by atoms with Crippen LogP contribution < -0.4 is 0 Å². The molecule has 0 N–H and O–H groups in total. The average molecular weight is 1800 g/mol. The smallest absolute Gasteiger partial charge is 0.164 e. The van der Waals surface area contributed by atoms with E-state index in [4.69, 9.17) is 29.9 Å². The minimum absolute atomic E-state index is 0.632. The van der Waals surface area contributed by atoms with Crippen molar-refractivity contribution in [2.45, 2.75) is 0 Å². The standard InChI is InChI=1S/2C63H39N5S/c1-3-14-42(15-4-1)61-64-62(43-16-5-2-6-17-43)66-63(65-61)44-28-26-40(27-29-44)41-30-33-46(34-31-41)67-55-23-10-8-19-50(55)54-39-47(35-37-58(54)67)68-56-24-11-7-18-49(56)53-38-45(32-36-57(53)68)48-21-13-22-52-51-20-9-12-25-59(51)69-60(48)52;1-3-16-40(17-4-1)61-64-62(41-18-5-2-6-19-41)66-63(65-61)45-22-13-20-42(36-45)43-21-14-23-46(37-43)67-56-30-11-8-25-50(56)54-39-47(33-35-58(54)67)68-55-29-10-7-24-49(55)53-38-44(32-34-57(53)68)48-27-15-28-52-51-26-9-12-31-59(51)69-60(48)52/h2*1-39H. The van der Waals surface area contributed by atoms with Crippen LogP contribution in [0, 0.1) is 0 Å². The summed E-state index contributed by atoms with van der Waals surface area (Å²) in [5.74, 6) is 3.86. The van der Waals surface area contributed by atoms with Gasteiger partial charge in [-0.2, -0.15) is 0 Å². The molecule has 0 aliphatic rings. The monoisotopic (exact) mass is 1790 g/mol. The Hall–Kier alpha value is -17.9. The van der Waals surface area contributed by atoms with Gasteiger partial charge in [0.1, 0.15) is 0 Å². The molecule has 20 aromatic carbocycles. The fraction of sp³-hybridized carbons (Fsp3) is 0. The first-order valence-electron chi connectivity index (χ1n) is 46.5. The van der Waals surface area contributed by atoms with Crippen LogP contribution in [0.25, 0.3) is 263 Å². The summed E-state index contributed by atoms with van der Waals surface area (Å²) in [5, 5.41) is 15.1. The molecule has 8 heterocycles. The maximum Gasteiger partial charge on any atom is 0.164 e. The number of para-hydroxylation sites is 4. The van der Waals surface area contributed by atoms with Crippen molar-refractivity contribution >= 4 is 150 Å². The van der Waals surface area contributed by atoms with Gasteiger partial charge in [0.05, 0.1) is 44.1 Å². The summed E-state index contributed by atoms with van der Waals surface area (Å²) >= 11 is 3.76. The van der Waals surface area contributed by atoms with Crippen LogP contribution >= 0.6 is 22.7 Å². The van der Waals surface area contributed by atoms with E-state index in [-0.39, 0.29) is 0 Å². The molecule has 0 unspecified atom stereocenters. The summed E-state index contributed by atoms with van der Waals surface area (Å²) in [5.41, 5.74) is 29.0. The molecule has 12 heteroatoms. The van der Waals surface area contributed by atoms with E-state index >= 15 is 0 Å². The van der Waals surface area contributed by atoms with Gasteiger partial charge in [-0.05, 0) is 172 Å². The molecule has 28 aromatic rings. The van der Waals surface area contributed by atoms with E-state index in [1.165, 1.54) is 139 Å². The molecule has 0 fully saturated rings. The number of thiophene rings is 2. The maximum atomic E-state index is 5.02. The normalized spacial score (nSPS) is 11.8. The van der Waals surface area contributed by atoms with Gasteiger partial charge in [-0.3, -0.25) is 0 Å². The first-order chi connectivity index (χ1) is 68.4. The molecular weight excluding hydrogens is 1720 g/mol. The Kier molecular flexibility index (Phi) is 19.1. The Morgan fingerprint density at radius 2 is 0.391 bits per heavy atom. The van der Waals surface area contributed by atoms with E-state index in [1.807, 2.05) is 144 Å². The molecule has 138 heavy (non-hydrogen) atoms. The van der Waals surface area contributed by atoms with Gasteiger partial charge < -0.3 is 18.3 Å². The molecule has 0 aliphatic heterocycles. The van der Waals surface area contributed by atoms with Crippen molar-refractivity contribution < 1.29 is 0 Å². The fourth-order valence-corrected chi connectivity index (χ4v) is 23.2. The number of benzene rings is 20. The van der Waals surface area contributed by atoms with Crippen LogP contribution in [0.15, 0.2) is 473 Å². The number of rotatable bonds is 14. The van der Waals surface area contributed by atoms with E-state index in [1.54, 1.807) is 0 Å². The Morgan fingerprint density at radius 1 is 0.138 bits per heavy atom. The summed E-state index contributed by atoms with van der Waals surface area (Å²) in [6.07, 6.45) is 0. The number of nitrogens with zero attached hydrogens (tertiary/aromatic N) is 10. The second-order valence-electron chi connectivity index (χ2n) is 35.2. The molecule has 0 amide bonds. The van der Waals surface area contributed by atoms with Gasteiger partial charge in [0, 0.05) is 140 Å². The highest BCUT2D eigenvalue weighted by Gasteiger charge is 2.25. The lowest BCUT2D eigenvalue weighted by Crippen LogP contribution is -2.00. The summed E-state index contributed by atoms with van der Waals surface area (Å²) < 4.78 is 15.0. The highest BCUT2D eigenvalue weighted by atomic mass is 32.1. The van der Waals surface area contributed by atoms with E-state index in [2.05, 4.69) is 370 Å². The van der Waals surface area contributed by atoms with Gasteiger partial charge in [-0.15, -0.1) is 22.7 Å². The topological polar surface area (TPSA) is 97.1 Å². The van der Waals surface area contributed by atoms with Gasteiger partial charge in [0.2, 0.25) is 0 Å². The maximum absolute atomic E-state index is 5.02. The van der Waals surface area contributed by atoms with E-state index in [9.17, 15) is 0 Å². The molecular formula is C126H78N10S2. The summed E-state index contributed by atoms with van der Waals surface area (Å²) in [4.78, 5) is 29.7. The lowest BCUT2D eigenvalue weighted by Gasteiger charge is -2.12. The molecule has 0 spiro atoms. The van der Waals surface area contributed by atoms with Crippen LogP contribution in [0.3, 0.4) is 0 Å². The summed E-state index contributed by atoms with van der Waals surface area (Å²) in [6, 6.07) is 169. The largest absolute Gasteiger partial charge is 0.309 e. The molecule has 644 valence electrons. The van der Waals surface area contributed by atoms with Crippen molar-refractivity contribution in [1.29, 1.82) is 0 Å². The van der Waals surface area contributed by atoms with Crippen LogP contribution in [0.5, 0.6) is 0 Å². The number of aromatic nitrogens is 10. The third-order valence-corrected chi connectivity index (χ3v) is 29.6. The third-order valence-electron chi connectivity index (χ3n) is 27.2. The molecule has 28 rings (SSSR count). The number of hydrogen-bond acceptors (Lipinski definition) is 8. The SMILES string of the molecule is c1ccc(-c2nc(-c3ccccc3)nc(-c3ccc(-c4ccc(-n5c6ccccc6c6cc(-n7c8ccccc8c8cc(-c9cccc%10c9sc9ccccc9%10)ccc87)ccc65)cc4)cc3)n2)cc1.c1ccc(-c2nc(-c3ccccc3)nc(-c3cccc(-c4cccc(-n5c6ccccc6c6cc(-n7c8ccccc8c8cc(-c9cccc%10c9sc9ccccc9%10)ccc87)ccc65)c4)c3)n2)cc1. The van der Waals surface area contributed by atoms with Gasteiger partial charge in [-0.25, -0.2) is 29.9 Å². The van der Waals surface area contributed by atoms with Gasteiger partial charge in [-0.1, -0.05) is 346 Å². The number of hydrogen-bond donors (Lipinski definition) is 0. The van der Waals surface area contributed by atoms with Crippen molar-refractivity contribution in [2.24, 2.45) is 0 Å². The zero-order valence-corrected chi connectivity index (χ0v) is 76.0. The average Bonchev–Trinajstić information content (AvgIpc) is 1.57. The summed E-state index contributed by atoms with van der Waals surface area (Å²) in [7, 11) is 0. The van der Waals surface area contributed by atoms with Gasteiger partial charge in [0.25, 0.3) is 0 Å². The quantitative estimate of drug-likeness (QED) is 0.108. The van der Waals surface area contributed by atoms with Crippen molar-refractivity contribution in [3.05, 3.63) is 473 Å². The lowest BCUT2D eigenvalue weighted by atomic mass is 10.0. The fourth-order valence-electron chi connectivity index (χ4n) is 20.7. The van der Waals surface area contributed by atoms with Crippen LogP contribution in [-0.2, 0) is 0 Å². The highest BCUT2D eigenvalue weighted by molar-refractivity contribution is 7.26. The number of fused-ring (bicyclic) bond motifs is 18. The highest BCUT2D eigenvalue weighted by Crippen LogP contribution is 2.48. The molecule has 8 aromatic heterocycles. The molecule has 10 nitrogen and oxygen atoms in total. The molecule has 0 radical (unpaired) electrons. The van der Waals surface area contributed by atoms with E-state index < -0.39 is 0 Å². The van der Waals surface area contributed by atoms with Crippen molar-refractivity contribution in [1.82, 2.24) is 48.2 Å². The van der Waals surface area contributed by atoms with Crippen molar-refractivity contribution in [2.75, 3.05) is 0 Å². The molecule has 0 saturated carbocycles. The minimum Gasteiger partial charge on any atom is -0.309 e. The first kappa shape index (κ1) is 79.8. The third kappa shape index (κ3) is 13.7. The predicted molar refractivity (Wildman–Crippen MR) is 577 cm³/mol. The Bertz CT molecular complexity index is 9600. The van der Waals surface area contributed by atoms with Crippen LogP contribution in [0.4, 0.5) is 0 Å². The van der Waals surface area contributed by atoms with Crippen molar-refractivity contribution in [3.8, 4) is 136 Å².